The normalized spacial score (nSPS) is 18.9. The van der Waals surface area contributed by atoms with Gasteiger partial charge in [0.25, 0.3) is 0 Å². The van der Waals surface area contributed by atoms with Gasteiger partial charge in [-0.1, -0.05) is 0 Å². The third-order valence-electron chi connectivity index (χ3n) is 5.35. The molecule has 0 bridgehead atoms. The lowest BCUT2D eigenvalue weighted by atomic mass is 10.2. The molecule has 3 rings (SSSR count). The van der Waals surface area contributed by atoms with Crippen LogP contribution in [0.15, 0.2) is 18.2 Å². The minimum atomic E-state index is -3.42. The van der Waals surface area contributed by atoms with E-state index in [1.165, 1.54) is 15.9 Å². The fourth-order valence-electron chi connectivity index (χ4n) is 3.78. The predicted molar refractivity (Wildman–Crippen MR) is 127 cm³/mol. The highest BCUT2D eigenvalue weighted by Crippen LogP contribution is 2.28. The number of amides is 3. The van der Waals surface area contributed by atoms with E-state index in [-0.39, 0.29) is 26.2 Å². The number of rotatable bonds is 6. The Balaban J connectivity index is 1.56. The average molecular weight is 515 g/mol. The first-order valence-corrected chi connectivity index (χ1v) is 13.2. The molecule has 0 aliphatic carbocycles. The van der Waals surface area contributed by atoms with Crippen molar-refractivity contribution in [3.63, 3.8) is 0 Å². The van der Waals surface area contributed by atoms with Gasteiger partial charge in [0, 0.05) is 32.4 Å². The molecule has 13 heteroatoms. The van der Waals surface area contributed by atoms with Gasteiger partial charge < -0.3 is 24.6 Å². The van der Waals surface area contributed by atoms with Crippen molar-refractivity contribution in [2.75, 3.05) is 61.1 Å². The van der Waals surface area contributed by atoms with E-state index in [0.29, 0.717) is 24.5 Å². The first kappa shape index (κ1) is 26.5. The highest BCUT2D eigenvalue weighted by atomic mass is 32.2. The van der Waals surface area contributed by atoms with Crippen LogP contribution in [0.5, 0.6) is 0 Å². The minimum absolute atomic E-state index is 0.0556. The Morgan fingerprint density at radius 1 is 1.20 bits per heavy atom. The molecule has 2 saturated heterocycles. The molecule has 0 radical (unpaired) electrons. The Morgan fingerprint density at radius 3 is 2.43 bits per heavy atom. The number of anilines is 2. The summed E-state index contributed by atoms with van der Waals surface area (Å²) in [6, 6.07) is 4.39. The molecule has 1 aromatic carbocycles. The van der Waals surface area contributed by atoms with E-state index in [0.717, 1.165) is 6.26 Å². The largest absolute Gasteiger partial charge is 0.444 e. The number of nitrogens with zero attached hydrogens (tertiary/aromatic N) is 3. The molecule has 1 aromatic rings. The van der Waals surface area contributed by atoms with Crippen LogP contribution in [0.25, 0.3) is 0 Å². The molecule has 2 heterocycles. The summed E-state index contributed by atoms with van der Waals surface area (Å²) in [7, 11) is -3.42. The molecule has 3 amide bonds. The van der Waals surface area contributed by atoms with E-state index < -0.39 is 51.2 Å². The van der Waals surface area contributed by atoms with E-state index >= 15 is 0 Å². The van der Waals surface area contributed by atoms with Crippen molar-refractivity contribution in [1.29, 1.82) is 0 Å². The van der Waals surface area contributed by atoms with Gasteiger partial charge in [0.2, 0.25) is 5.91 Å². The summed E-state index contributed by atoms with van der Waals surface area (Å²) in [6.07, 6.45) is -0.879. The van der Waals surface area contributed by atoms with Gasteiger partial charge in [-0.15, -0.1) is 0 Å². The summed E-state index contributed by atoms with van der Waals surface area (Å²) in [4.78, 5) is 40.7. The molecule has 11 nitrogen and oxygen atoms in total. The van der Waals surface area contributed by atoms with Crippen LogP contribution in [0.2, 0.25) is 0 Å². The number of carbonyl (C=O) groups excluding carboxylic acids is 3. The molecule has 1 unspecified atom stereocenters. The van der Waals surface area contributed by atoms with Crippen LogP contribution in [-0.4, -0.2) is 94.4 Å². The lowest BCUT2D eigenvalue weighted by molar-refractivity contribution is -0.128. The molecule has 2 fully saturated rings. The zero-order valence-electron chi connectivity index (χ0n) is 20.2. The predicted octanol–water partition coefficient (Wildman–Crippen LogP) is 1.37. The van der Waals surface area contributed by atoms with Crippen LogP contribution in [0.4, 0.5) is 25.4 Å². The van der Waals surface area contributed by atoms with Crippen molar-refractivity contribution in [3.05, 3.63) is 24.0 Å². The molecule has 1 atom stereocenters. The Hall–Kier alpha value is -3.09. The van der Waals surface area contributed by atoms with Crippen LogP contribution < -0.4 is 15.1 Å². The molecule has 2 aliphatic rings. The summed E-state index contributed by atoms with van der Waals surface area (Å²) in [5.74, 6) is -1.55. The van der Waals surface area contributed by atoms with Gasteiger partial charge >= 0.3 is 12.2 Å². The Labute approximate surface area is 204 Å². The van der Waals surface area contributed by atoms with Crippen molar-refractivity contribution in [2.24, 2.45) is 0 Å². The number of piperazine rings is 1. The highest BCUT2D eigenvalue weighted by Gasteiger charge is 2.34. The third kappa shape index (κ3) is 7.44. The van der Waals surface area contributed by atoms with Gasteiger partial charge in [-0.2, -0.15) is 0 Å². The van der Waals surface area contributed by atoms with E-state index in [1.54, 1.807) is 37.8 Å². The average Bonchev–Trinajstić information content (AvgIpc) is 3.10. The van der Waals surface area contributed by atoms with E-state index in [1.807, 2.05) is 0 Å². The second-order valence-electron chi connectivity index (χ2n) is 9.57. The second kappa shape index (κ2) is 10.3. The van der Waals surface area contributed by atoms with Gasteiger partial charge in [0.15, 0.2) is 9.84 Å². The quantitative estimate of drug-likeness (QED) is 0.603. The third-order valence-corrected chi connectivity index (χ3v) is 6.12. The minimum Gasteiger partial charge on any atom is -0.444 e. The summed E-state index contributed by atoms with van der Waals surface area (Å²) in [5, 5.41) is 2.55. The van der Waals surface area contributed by atoms with E-state index in [2.05, 4.69) is 5.32 Å². The molecule has 0 spiro atoms. The maximum atomic E-state index is 14.9. The molecule has 194 valence electrons. The molecule has 0 saturated carbocycles. The number of hydrogen-bond donors (Lipinski definition) is 1. The monoisotopic (exact) mass is 514 g/mol. The van der Waals surface area contributed by atoms with Crippen LogP contribution in [-0.2, 0) is 24.1 Å². The van der Waals surface area contributed by atoms with Crippen molar-refractivity contribution >= 4 is 39.3 Å². The van der Waals surface area contributed by atoms with Crippen LogP contribution in [0.3, 0.4) is 0 Å². The molecular weight excluding hydrogens is 483 g/mol. The van der Waals surface area contributed by atoms with Crippen molar-refractivity contribution in [2.45, 2.75) is 32.5 Å². The first-order chi connectivity index (χ1) is 16.2. The van der Waals surface area contributed by atoms with Crippen molar-refractivity contribution < 1.29 is 36.7 Å². The number of nitrogens with one attached hydrogen (secondary N) is 1. The number of alkyl carbamates (subject to hydrolysis) is 1. The smallest absolute Gasteiger partial charge is 0.414 e. The topological polar surface area (TPSA) is 126 Å². The maximum absolute atomic E-state index is 14.9. The van der Waals surface area contributed by atoms with Crippen LogP contribution in [0.1, 0.15) is 20.8 Å². The number of carbonyl (C=O) groups is 3. The Morgan fingerprint density at radius 2 is 1.86 bits per heavy atom. The van der Waals surface area contributed by atoms with Crippen molar-refractivity contribution in [1.82, 2.24) is 10.2 Å². The molecule has 35 heavy (non-hydrogen) atoms. The van der Waals surface area contributed by atoms with Gasteiger partial charge in [-0.3, -0.25) is 9.69 Å². The first-order valence-electron chi connectivity index (χ1n) is 11.2. The number of benzene rings is 1. The van der Waals surface area contributed by atoms with Gasteiger partial charge in [-0.05, 0) is 39.0 Å². The molecule has 2 aliphatic heterocycles. The fraction of sp³-hybridized carbons (Fsp3) is 0.591. The maximum Gasteiger partial charge on any atom is 0.414 e. The van der Waals surface area contributed by atoms with Crippen LogP contribution >= 0.6 is 0 Å². The molecule has 1 N–H and O–H groups in total. The van der Waals surface area contributed by atoms with Gasteiger partial charge in [0.1, 0.15) is 23.3 Å². The Kier molecular flexibility index (Phi) is 7.77. The molecule has 0 aromatic heterocycles. The summed E-state index contributed by atoms with van der Waals surface area (Å²) in [6.45, 7) is 6.64. The zero-order chi connectivity index (χ0) is 26.0. The number of hydrogen-bond acceptors (Lipinski definition) is 8. The lowest BCUT2D eigenvalue weighted by Crippen LogP contribution is -2.50. The standard InChI is InChI=1S/C22H31FN4O7S/c1-22(2,3)34-20(29)24-12-16-13-27(21(30)33-16)15-5-6-18(17(23)11-15)25-7-9-26(10-8-25)19(28)14-35(4,31)32/h5-6,11,16H,7-10,12-14H2,1-4H3,(H,24,29). The van der Waals surface area contributed by atoms with Gasteiger partial charge in [-0.25, -0.2) is 22.4 Å². The van der Waals surface area contributed by atoms with Gasteiger partial charge in [0.05, 0.1) is 24.5 Å². The number of sulfone groups is 1. The lowest BCUT2D eigenvalue weighted by Gasteiger charge is -2.36. The van der Waals surface area contributed by atoms with Crippen LogP contribution in [0, 0.1) is 5.82 Å². The number of cyclic esters (lactones) is 1. The van der Waals surface area contributed by atoms with Crippen molar-refractivity contribution in [3.8, 4) is 0 Å². The Bertz CT molecular complexity index is 1080. The second-order valence-corrected chi connectivity index (χ2v) is 11.7. The highest BCUT2D eigenvalue weighted by molar-refractivity contribution is 7.91. The number of halogens is 1. The number of ether oxygens (including phenoxy) is 2. The molecular formula is C22H31FN4O7S. The fourth-order valence-corrected chi connectivity index (χ4v) is 4.41. The SMILES string of the molecule is CC(C)(C)OC(=O)NCC1CN(c2ccc(N3CCN(C(=O)CS(C)(=O)=O)CC3)c(F)c2)C(=O)O1. The zero-order valence-corrected chi connectivity index (χ0v) is 21.1. The van der Waals surface area contributed by atoms with E-state index in [4.69, 9.17) is 9.47 Å². The summed E-state index contributed by atoms with van der Waals surface area (Å²) < 4.78 is 48.1. The van der Waals surface area contributed by atoms with E-state index in [9.17, 15) is 27.2 Å². The summed E-state index contributed by atoms with van der Waals surface area (Å²) in [5.41, 5.74) is -0.0160. The summed E-state index contributed by atoms with van der Waals surface area (Å²) >= 11 is 0.